The third-order valence-corrected chi connectivity index (χ3v) is 3.58. The first kappa shape index (κ1) is 24.3. The van der Waals surface area contributed by atoms with Crippen LogP contribution in [0.3, 0.4) is 0 Å². The van der Waals surface area contributed by atoms with Gasteiger partial charge in [-0.1, -0.05) is 60.7 Å². The topological polar surface area (TPSA) is 98.7 Å². The Morgan fingerprint density at radius 1 is 0.692 bits per heavy atom. The number of rotatable bonds is 9. The van der Waals surface area contributed by atoms with Crippen LogP contribution in [0.5, 0.6) is 0 Å². The van der Waals surface area contributed by atoms with Crippen molar-refractivity contribution in [3.63, 3.8) is 0 Å². The number of nitrogens with one attached hydrogen (secondary N) is 2. The van der Waals surface area contributed by atoms with Gasteiger partial charge in [0.2, 0.25) is 0 Å². The molecule has 0 bridgehead atoms. The third-order valence-electron chi connectivity index (χ3n) is 3.58. The molecule has 8 heteroatoms. The molecule has 0 fully saturated rings. The Hall–Kier alpha value is -1.74. The predicted molar refractivity (Wildman–Crippen MR) is 110 cm³/mol. The van der Waals surface area contributed by atoms with Gasteiger partial charge in [-0.3, -0.25) is 20.2 Å². The SMILES string of the molecule is Br.Br.O=C(O)C(NCCNC(C(=O)O)c1ccccc1)c1ccccc1. The summed E-state index contributed by atoms with van der Waals surface area (Å²) in [7, 11) is 0. The van der Waals surface area contributed by atoms with E-state index in [0.717, 1.165) is 0 Å². The lowest BCUT2D eigenvalue weighted by molar-refractivity contribution is -0.141. The minimum atomic E-state index is -0.973. The van der Waals surface area contributed by atoms with Gasteiger partial charge in [-0.15, -0.1) is 34.0 Å². The van der Waals surface area contributed by atoms with E-state index in [-0.39, 0.29) is 34.0 Å². The summed E-state index contributed by atoms with van der Waals surface area (Å²) in [6.45, 7) is 0.644. The first-order valence-electron chi connectivity index (χ1n) is 7.62. The molecule has 0 aliphatic carbocycles. The molecule has 0 amide bonds. The van der Waals surface area contributed by atoms with Crippen LogP contribution in [0.2, 0.25) is 0 Å². The van der Waals surface area contributed by atoms with E-state index in [9.17, 15) is 19.8 Å². The lowest BCUT2D eigenvalue weighted by Gasteiger charge is -2.18. The van der Waals surface area contributed by atoms with Crippen molar-refractivity contribution in [1.82, 2.24) is 10.6 Å². The second-order valence-corrected chi connectivity index (χ2v) is 5.27. The van der Waals surface area contributed by atoms with E-state index in [1.807, 2.05) is 12.1 Å². The molecule has 2 aromatic carbocycles. The van der Waals surface area contributed by atoms with Crippen LogP contribution in [0.4, 0.5) is 0 Å². The quantitative estimate of drug-likeness (QED) is 0.404. The van der Waals surface area contributed by atoms with Crippen molar-refractivity contribution in [3.8, 4) is 0 Å². The highest BCUT2D eigenvalue weighted by Gasteiger charge is 2.20. The van der Waals surface area contributed by atoms with Crippen molar-refractivity contribution in [2.24, 2.45) is 0 Å². The Labute approximate surface area is 173 Å². The summed E-state index contributed by atoms with van der Waals surface area (Å²) in [5, 5.41) is 24.5. The molecule has 0 saturated heterocycles. The van der Waals surface area contributed by atoms with Gasteiger partial charge in [0, 0.05) is 13.1 Å². The molecule has 2 atom stereocenters. The van der Waals surface area contributed by atoms with Crippen LogP contribution < -0.4 is 10.6 Å². The van der Waals surface area contributed by atoms with Crippen LogP contribution >= 0.6 is 34.0 Å². The standard InChI is InChI=1S/C18H20N2O4.2BrH/c21-17(22)15(13-7-3-1-4-8-13)19-11-12-20-16(18(23)24)14-9-5-2-6-10-14;;/h1-10,15-16,19-20H,11-12H2,(H,21,22)(H,23,24);2*1H. The molecule has 2 unspecified atom stereocenters. The van der Waals surface area contributed by atoms with Crippen LogP contribution in [-0.2, 0) is 9.59 Å². The van der Waals surface area contributed by atoms with Crippen LogP contribution in [0.25, 0.3) is 0 Å². The molecular formula is C18H22Br2N2O4. The van der Waals surface area contributed by atoms with E-state index in [1.165, 1.54) is 0 Å². The lowest BCUT2D eigenvalue weighted by atomic mass is 10.1. The highest BCUT2D eigenvalue weighted by molar-refractivity contribution is 8.93. The number of carboxylic acids is 2. The summed E-state index contributed by atoms with van der Waals surface area (Å²) < 4.78 is 0. The third kappa shape index (κ3) is 7.25. The monoisotopic (exact) mass is 488 g/mol. The Morgan fingerprint density at radius 2 is 1.00 bits per heavy atom. The maximum absolute atomic E-state index is 11.4. The number of hydrogen-bond donors (Lipinski definition) is 4. The molecular weight excluding hydrogens is 468 g/mol. The Kier molecular flexibility index (Phi) is 11.7. The average Bonchev–Trinajstić information content (AvgIpc) is 2.59. The number of aliphatic carboxylic acids is 2. The summed E-state index contributed by atoms with van der Waals surface area (Å²) in [6, 6.07) is 16.1. The number of carboxylic acid groups (broad SMARTS) is 2. The molecule has 0 aliphatic heterocycles. The molecule has 4 N–H and O–H groups in total. The smallest absolute Gasteiger partial charge is 0.325 e. The van der Waals surface area contributed by atoms with Crippen molar-refractivity contribution in [3.05, 3.63) is 71.8 Å². The van der Waals surface area contributed by atoms with E-state index in [4.69, 9.17) is 0 Å². The molecule has 0 aliphatic rings. The van der Waals surface area contributed by atoms with Crippen molar-refractivity contribution in [2.45, 2.75) is 12.1 Å². The lowest BCUT2D eigenvalue weighted by Crippen LogP contribution is -2.37. The molecule has 0 spiro atoms. The normalized spacial score (nSPS) is 12.2. The molecule has 26 heavy (non-hydrogen) atoms. The second-order valence-electron chi connectivity index (χ2n) is 5.27. The first-order chi connectivity index (χ1) is 11.6. The van der Waals surface area contributed by atoms with E-state index < -0.39 is 24.0 Å². The molecule has 6 nitrogen and oxygen atoms in total. The van der Waals surface area contributed by atoms with Gasteiger partial charge in [-0.25, -0.2) is 0 Å². The molecule has 142 valence electrons. The first-order valence-corrected chi connectivity index (χ1v) is 7.62. The van der Waals surface area contributed by atoms with E-state index >= 15 is 0 Å². The fourth-order valence-electron chi connectivity index (χ4n) is 2.42. The second kappa shape index (κ2) is 12.6. The summed E-state index contributed by atoms with van der Waals surface area (Å²) in [4.78, 5) is 22.8. The van der Waals surface area contributed by atoms with Crippen molar-refractivity contribution < 1.29 is 19.8 Å². The maximum Gasteiger partial charge on any atom is 0.325 e. The molecule has 0 radical (unpaired) electrons. The summed E-state index contributed by atoms with van der Waals surface area (Å²) in [5.41, 5.74) is 1.31. The average molecular weight is 490 g/mol. The minimum absolute atomic E-state index is 0. The molecule has 0 heterocycles. The van der Waals surface area contributed by atoms with Gasteiger partial charge in [0.1, 0.15) is 12.1 Å². The predicted octanol–water partition coefficient (Wildman–Crippen LogP) is 2.97. The Morgan fingerprint density at radius 3 is 1.27 bits per heavy atom. The zero-order valence-electron chi connectivity index (χ0n) is 13.9. The van der Waals surface area contributed by atoms with Crippen LogP contribution in [0.15, 0.2) is 60.7 Å². The minimum Gasteiger partial charge on any atom is -0.480 e. The van der Waals surface area contributed by atoms with E-state index in [2.05, 4.69) is 10.6 Å². The number of hydrogen-bond acceptors (Lipinski definition) is 4. The highest BCUT2D eigenvalue weighted by atomic mass is 79.9. The van der Waals surface area contributed by atoms with Gasteiger partial charge in [0.15, 0.2) is 0 Å². The Balaban J connectivity index is 0.00000312. The molecule has 2 aromatic rings. The molecule has 0 aromatic heterocycles. The van der Waals surface area contributed by atoms with Crippen LogP contribution in [0, 0.1) is 0 Å². The van der Waals surface area contributed by atoms with E-state index in [0.29, 0.717) is 24.2 Å². The summed E-state index contributed by atoms with van der Waals surface area (Å²) in [6.07, 6.45) is 0. The van der Waals surface area contributed by atoms with Gasteiger partial charge >= 0.3 is 11.9 Å². The summed E-state index contributed by atoms with van der Waals surface area (Å²) in [5.74, 6) is -1.95. The highest BCUT2D eigenvalue weighted by Crippen LogP contribution is 2.13. The van der Waals surface area contributed by atoms with Gasteiger partial charge < -0.3 is 10.2 Å². The van der Waals surface area contributed by atoms with Crippen molar-refractivity contribution in [1.29, 1.82) is 0 Å². The zero-order valence-corrected chi connectivity index (χ0v) is 17.3. The van der Waals surface area contributed by atoms with Crippen molar-refractivity contribution in [2.75, 3.05) is 13.1 Å². The number of halogens is 2. The van der Waals surface area contributed by atoms with Gasteiger partial charge in [0.05, 0.1) is 0 Å². The Bertz CT molecular complexity index is 612. The van der Waals surface area contributed by atoms with Gasteiger partial charge in [0.25, 0.3) is 0 Å². The molecule has 0 saturated carbocycles. The largest absolute Gasteiger partial charge is 0.480 e. The van der Waals surface area contributed by atoms with Crippen LogP contribution in [0.1, 0.15) is 23.2 Å². The maximum atomic E-state index is 11.4. The molecule has 2 rings (SSSR count). The summed E-state index contributed by atoms with van der Waals surface area (Å²) >= 11 is 0. The van der Waals surface area contributed by atoms with Crippen LogP contribution in [-0.4, -0.2) is 35.2 Å². The van der Waals surface area contributed by atoms with Gasteiger partial charge in [-0.2, -0.15) is 0 Å². The number of benzene rings is 2. The number of carbonyl (C=O) groups is 2. The van der Waals surface area contributed by atoms with E-state index in [1.54, 1.807) is 48.5 Å². The fourth-order valence-corrected chi connectivity index (χ4v) is 2.42. The fraction of sp³-hybridized carbons (Fsp3) is 0.222. The zero-order chi connectivity index (χ0) is 17.4. The van der Waals surface area contributed by atoms with Gasteiger partial charge in [-0.05, 0) is 11.1 Å². The van der Waals surface area contributed by atoms with Crippen molar-refractivity contribution >= 4 is 45.9 Å².